The quantitative estimate of drug-likeness (QED) is 0.757. The summed E-state index contributed by atoms with van der Waals surface area (Å²) >= 11 is 0. The van der Waals surface area contributed by atoms with Crippen molar-refractivity contribution in [2.24, 2.45) is 5.92 Å². The number of carbonyl (C=O) groups is 2. The van der Waals surface area contributed by atoms with E-state index < -0.39 is 5.97 Å². The van der Waals surface area contributed by atoms with Gasteiger partial charge in [-0.25, -0.2) is 0 Å². The van der Waals surface area contributed by atoms with Gasteiger partial charge in [-0.15, -0.1) is 0 Å². The number of furan rings is 1. The van der Waals surface area contributed by atoms with Crippen molar-refractivity contribution >= 4 is 11.9 Å². The highest BCUT2D eigenvalue weighted by molar-refractivity contribution is 5.97. The minimum Gasteiger partial charge on any atom is -0.481 e. The van der Waals surface area contributed by atoms with Crippen LogP contribution >= 0.6 is 0 Å². The summed E-state index contributed by atoms with van der Waals surface area (Å²) in [5, 5.41) is 11.7. The highest BCUT2D eigenvalue weighted by Gasteiger charge is 2.20. The molecule has 1 saturated carbocycles. The molecule has 1 aromatic heterocycles. The molecule has 0 aromatic carbocycles. The molecule has 0 spiro atoms. The van der Waals surface area contributed by atoms with Gasteiger partial charge in [-0.3, -0.25) is 9.59 Å². The number of amides is 1. The molecule has 0 atom stereocenters. The number of hydrogen-bond donors (Lipinski definition) is 2. The highest BCUT2D eigenvalue weighted by Crippen LogP contribution is 2.27. The van der Waals surface area contributed by atoms with Gasteiger partial charge in [0.1, 0.15) is 12.2 Å². The van der Waals surface area contributed by atoms with Crippen molar-refractivity contribution in [3.05, 3.63) is 23.2 Å². The van der Waals surface area contributed by atoms with Crippen LogP contribution in [0.1, 0.15) is 66.6 Å². The Morgan fingerprint density at radius 2 is 2.05 bits per heavy atom. The van der Waals surface area contributed by atoms with Gasteiger partial charge in [0, 0.05) is 12.1 Å². The van der Waals surface area contributed by atoms with Crippen LogP contribution in [0.2, 0.25) is 0 Å². The first-order valence-electron chi connectivity index (χ1n) is 8.15. The molecule has 1 amide bonds. The fourth-order valence-corrected chi connectivity index (χ4v) is 3.23. The summed E-state index contributed by atoms with van der Waals surface area (Å²) in [5.74, 6) is -0.189. The van der Waals surface area contributed by atoms with E-state index in [0.717, 1.165) is 18.8 Å². The van der Waals surface area contributed by atoms with Crippen LogP contribution in [0, 0.1) is 12.8 Å². The first-order valence-corrected chi connectivity index (χ1v) is 8.15. The van der Waals surface area contributed by atoms with E-state index in [9.17, 15) is 9.59 Å². The fraction of sp³-hybridized carbons (Fsp3) is 0.647. The van der Waals surface area contributed by atoms with Crippen LogP contribution in [0.5, 0.6) is 0 Å². The van der Waals surface area contributed by atoms with Crippen molar-refractivity contribution in [2.75, 3.05) is 6.54 Å². The second-order valence-electron chi connectivity index (χ2n) is 6.19. The molecule has 1 aromatic rings. The van der Waals surface area contributed by atoms with Crippen LogP contribution < -0.4 is 5.32 Å². The summed E-state index contributed by atoms with van der Waals surface area (Å²) in [5.41, 5.74) is 1.06. The normalized spacial score (nSPS) is 15.7. The van der Waals surface area contributed by atoms with Gasteiger partial charge in [0.2, 0.25) is 0 Å². The van der Waals surface area contributed by atoms with Crippen LogP contribution in [0.3, 0.4) is 0 Å². The second kappa shape index (κ2) is 8.01. The first kappa shape index (κ1) is 16.6. The number of nitrogens with one attached hydrogen (secondary N) is 1. The SMILES string of the molecule is Cc1coc(CC(=O)O)c1C(=O)NCCCC1CCCCC1. The zero-order valence-electron chi connectivity index (χ0n) is 13.2. The summed E-state index contributed by atoms with van der Waals surface area (Å²) in [6.07, 6.45) is 9.98. The minimum absolute atomic E-state index is 0.230. The molecule has 1 heterocycles. The third-order valence-corrected chi connectivity index (χ3v) is 4.39. The van der Waals surface area contributed by atoms with Crippen LogP contribution in [-0.2, 0) is 11.2 Å². The van der Waals surface area contributed by atoms with Crippen molar-refractivity contribution in [1.29, 1.82) is 0 Å². The van der Waals surface area contributed by atoms with Crippen LogP contribution in [0.25, 0.3) is 0 Å². The summed E-state index contributed by atoms with van der Waals surface area (Å²) in [6, 6.07) is 0. The number of aliphatic carboxylic acids is 1. The van der Waals surface area contributed by atoms with Gasteiger partial charge < -0.3 is 14.8 Å². The van der Waals surface area contributed by atoms with E-state index in [-0.39, 0.29) is 18.1 Å². The molecule has 1 aliphatic carbocycles. The third-order valence-electron chi connectivity index (χ3n) is 4.39. The summed E-state index contributed by atoms with van der Waals surface area (Å²) in [4.78, 5) is 23.0. The van der Waals surface area contributed by atoms with E-state index in [2.05, 4.69) is 5.32 Å². The molecule has 0 unspecified atom stereocenters. The predicted octanol–water partition coefficient (Wildman–Crippen LogP) is 3.31. The Bertz CT molecular complexity index is 515. The Kier molecular flexibility index (Phi) is 6.04. The molecule has 2 N–H and O–H groups in total. The molecule has 0 aliphatic heterocycles. The van der Waals surface area contributed by atoms with Gasteiger partial charge >= 0.3 is 5.97 Å². The Morgan fingerprint density at radius 1 is 1.32 bits per heavy atom. The lowest BCUT2D eigenvalue weighted by atomic mass is 9.86. The molecular formula is C17H25NO4. The molecule has 1 fully saturated rings. The number of aryl methyl sites for hydroxylation is 1. The molecule has 2 rings (SSSR count). The van der Waals surface area contributed by atoms with E-state index in [1.165, 1.54) is 38.4 Å². The molecule has 0 radical (unpaired) electrons. The number of carboxylic acids is 1. The maximum atomic E-state index is 12.2. The van der Waals surface area contributed by atoms with Gasteiger partial charge in [-0.1, -0.05) is 32.1 Å². The lowest BCUT2D eigenvalue weighted by Crippen LogP contribution is -2.26. The molecule has 22 heavy (non-hydrogen) atoms. The third kappa shape index (κ3) is 4.61. The average molecular weight is 307 g/mol. The summed E-state index contributed by atoms with van der Waals surface area (Å²) in [7, 11) is 0. The maximum absolute atomic E-state index is 12.2. The van der Waals surface area contributed by atoms with Gasteiger partial charge in [0.05, 0.1) is 11.8 Å². The van der Waals surface area contributed by atoms with E-state index >= 15 is 0 Å². The van der Waals surface area contributed by atoms with Gasteiger partial charge in [0.15, 0.2) is 0 Å². The number of hydrogen-bond acceptors (Lipinski definition) is 3. The van der Waals surface area contributed by atoms with E-state index in [1.54, 1.807) is 6.92 Å². The number of carbonyl (C=O) groups excluding carboxylic acids is 1. The lowest BCUT2D eigenvalue weighted by molar-refractivity contribution is -0.136. The number of carboxylic acid groups (broad SMARTS) is 1. The minimum atomic E-state index is -0.999. The number of rotatable bonds is 7. The largest absolute Gasteiger partial charge is 0.481 e. The van der Waals surface area contributed by atoms with Crippen molar-refractivity contribution in [3.8, 4) is 0 Å². The molecule has 122 valence electrons. The summed E-state index contributed by atoms with van der Waals surface area (Å²) < 4.78 is 5.19. The smallest absolute Gasteiger partial charge is 0.311 e. The van der Waals surface area contributed by atoms with Crippen molar-refractivity contribution in [1.82, 2.24) is 5.32 Å². The van der Waals surface area contributed by atoms with E-state index in [4.69, 9.17) is 9.52 Å². The average Bonchev–Trinajstić information content (AvgIpc) is 2.84. The van der Waals surface area contributed by atoms with Gasteiger partial charge in [-0.2, -0.15) is 0 Å². The van der Waals surface area contributed by atoms with Crippen molar-refractivity contribution < 1.29 is 19.1 Å². The molecular weight excluding hydrogens is 282 g/mol. The first-order chi connectivity index (χ1) is 10.6. The Labute approximate surface area is 131 Å². The molecule has 0 saturated heterocycles. The Hall–Kier alpha value is -1.78. The molecule has 5 heteroatoms. The zero-order chi connectivity index (χ0) is 15.9. The van der Waals surface area contributed by atoms with E-state index in [0.29, 0.717) is 17.7 Å². The Balaban J connectivity index is 1.79. The Morgan fingerprint density at radius 3 is 2.73 bits per heavy atom. The highest BCUT2D eigenvalue weighted by atomic mass is 16.4. The molecule has 5 nitrogen and oxygen atoms in total. The topological polar surface area (TPSA) is 79.5 Å². The predicted molar refractivity (Wildman–Crippen MR) is 82.9 cm³/mol. The molecule has 0 bridgehead atoms. The monoisotopic (exact) mass is 307 g/mol. The standard InChI is InChI=1S/C17H25NO4/c1-12-11-22-14(10-15(19)20)16(12)17(21)18-9-5-8-13-6-3-2-4-7-13/h11,13H,2-10H2,1H3,(H,18,21)(H,19,20). The lowest BCUT2D eigenvalue weighted by Gasteiger charge is -2.21. The molecule has 1 aliphatic rings. The van der Waals surface area contributed by atoms with Crippen LogP contribution in [-0.4, -0.2) is 23.5 Å². The van der Waals surface area contributed by atoms with Crippen LogP contribution in [0.15, 0.2) is 10.7 Å². The van der Waals surface area contributed by atoms with Crippen LogP contribution in [0.4, 0.5) is 0 Å². The zero-order valence-corrected chi connectivity index (χ0v) is 13.2. The summed E-state index contributed by atoms with van der Waals surface area (Å²) in [6.45, 7) is 2.39. The van der Waals surface area contributed by atoms with Crippen molar-refractivity contribution in [3.63, 3.8) is 0 Å². The van der Waals surface area contributed by atoms with Gasteiger partial charge in [0.25, 0.3) is 5.91 Å². The fourth-order valence-electron chi connectivity index (χ4n) is 3.23. The van der Waals surface area contributed by atoms with Crippen molar-refractivity contribution in [2.45, 2.75) is 58.3 Å². The maximum Gasteiger partial charge on any atom is 0.311 e. The van der Waals surface area contributed by atoms with Gasteiger partial charge in [-0.05, 0) is 25.7 Å². The second-order valence-corrected chi connectivity index (χ2v) is 6.19. The van der Waals surface area contributed by atoms with E-state index in [1.807, 2.05) is 0 Å².